The van der Waals surface area contributed by atoms with E-state index in [1.54, 1.807) is 0 Å². The average Bonchev–Trinajstić information content (AvgIpc) is 3.22. The van der Waals surface area contributed by atoms with Crippen LogP contribution in [0, 0.1) is 19.8 Å². The molecule has 3 N–H and O–H groups in total. The largest absolute Gasteiger partial charge is 0.409 e. The second kappa shape index (κ2) is 5.42. The van der Waals surface area contributed by atoms with Gasteiger partial charge in [0.15, 0.2) is 11.7 Å². The van der Waals surface area contributed by atoms with Crippen LogP contribution in [0.15, 0.2) is 5.16 Å². The number of hydrogen-bond acceptors (Lipinski definition) is 5. The van der Waals surface area contributed by atoms with Crippen molar-refractivity contribution in [3.05, 3.63) is 16.8 Å². The fourth-order valence-electron chi connectivity index (χ4n) is 2.15. The van der Waals surface area contributed by atoms with Crippen molar-refractivity contribution >= 4 is 11.7 Å². The summed E-state index contributed by atoms with van der Waals surface area (Å²) in [5.74, 6) is 1.55. The zero-order valence-electron chi connectivity index (χ0n) is 11.7. The van der Waals surface area contributed by atoms with E-state index in [2.05, 4.69) is 27.2 Å². The number of hydrogen-bond donors (Lipinski definition) is 2. The quantitative estimate of drug-likeness (QED) is 0.363. The molecule has 1 aromatic heterocycles. The fraction of sp³-hybridized carbons (Fsp3) is 0.615. The molecule has 6 heteroatoms. The summed E-state index contributed by atoms with van der Waals surface area (Å²) in [6.07, 6.45) is 2.54. The fourth-order valence-corrected chi connectivity index (χ4v) is 2.15. The van der Waals surface area contributed by atoms with Crippen LogP contribution in [0.2, 0.25) is 0 Å². The van der Waals surface area contributed by atoms with Gasteiger partial charge in [0.1, 0.15) is 0 Å². The molecule has 0 radical (unpaired) electrons. The van der Waals surface area contributed by atoms with Gasteiger partial charge in [0.05, 0.1) is 11.3 Å². The highest BCUT2D eigenvalue weighted by molar-refractivity contribution is 6.02. The number of oxime groups is 1. The van der Waals surface area contributed by atoms with E-state index in [-0.39, 0.29) is 5.84 Å². The zero-order valence-corrected chi connectivity index (χ0v) is 11.7. The summed E-state index contributed by atoms with van der Waals surface area (Å²) in [5, 5.41) is 20.5. The Labute approximate surface area is 113 Å². The molecule has 6 nitrogen and oxygen atoms in total. The maximum absolute atomic E-state index is 8.97. The van der Waals surface area contributed by atoms with Crippen LogP contribution in [0.25, 0.3) is 0 Å². The SMILES string of the molecule is CCN(CC1CC1)c1nnc(C)c(C)c1C(N)=NO. The zero-order chi connectivity index (χ0) is 14.0. The molecule has 1 aromatic rings. The van der Waals surface area contributed by atoms with Crippen molar-refractivity contribution in [2.45, 2.75) is 33.6 Å². The van der Waals surface area contributed by atoms with Crippen LogP contribution in [0.3, 0.4) is 0 Å². The van der Waals surface area contributed by atoms with Gasteiger partial charge in [-0.05, 0) is 45.1 Å². The van der Waals surface area contributed by atoms with E-state index in [0.717, 1.165) is 30.3 Å². The van der Waals surface area contributed by atoms with E-state index in [9.17, 15) is 0 Å². The van der Waals surface area contributed by atoms with E-state index < -0.39 is 0 Å². The second-order valence-corrected chi connectivity index (χ2v) is 5.08. The van der Waals surface area contributed by atoms with Crippen LogP contribution in [-0.2, 0) is 0 Å². The first-order valence-electron chi connectivity index (χ1n) is 6.65. The number of rotatable bonds is 5. The molecule has 1 heterocycles. The maximum Gasteiger partial charge on any atom is 0.174 e. The summed E-state index contributed by atoms with van der Waals surface area (Å²) in [6, 6.07) is 0. The van der Waals surface area contributed by atoms with Crippen molar-refractivity contribution in [3.63, 3.8) is 0 Å². The third-order valence-corrected chi connectivity index (χ3v) is 3.66. The van der Waals surface area contributed by atoms with Crippen molar-refractivity contribution in [1.82, 2.24) is 10.2 Å². The Kier molecular flexibility index (Phi) is 3.87. The van der Waals surface area contributed by atoms with Gasteiger partial charge in [-0.1, -0.05) is 5.16 Å². The van der Waals surface area contributed by atoms with Gasteiger partial charge in [-0.3, -0.25) is 0 Å². The van der Waals surface area contributed by atoms with Gasteiger partial charge in [0.2, 0.25) is 0 Å². The minimum absolute atomic E-state index is 0.0970. The summed E-state index contributed by atoms with van der Waals surface area (Å²) in [5.41, 5.74) is 8.21. The van der Waals surface area contributed by atoms with Crippen LogP contribution in [-0.4, -0.2) is 34.3 Å². The Morgan fingerprint density at radius 1 is 1.42 bits per heavy atom. The van der Waals surface area contributed by atoms with Gasteiger partial charge in [-0.2, -0.15) is 5.10 Å². The summed E-state index contributed by atoms with van der Waals surface area (Å²) in [6.45, 7) is 7.66. The van der Waals surface area contributed by atoms with Crippen molar-refractivity contribution in [1.29, 1.82) is 0 Å². The van der Waals surface area contributed by atoms with Crippen LogP contribution in [0.1, 0.15) is 36.6 Å². The van der Waals surface area contributed by atoms with Crippen molar-refractivity contribution in [2.24, 2.45) is 16.8 Å². The predicted octanol–water partition coefficient (Wildman–Crippen LogP) is 1.42. The third-order valence-electron chi connectivity index (χ3n) is 3.66. The molecule has 104 valence electrons. The lowest BCUT2D eigenvalue weighted by atomic mass is 10.1. The highest BCUT2D eigenvalue weighted by atomic mass is 16.4. The van der Waals surface area contributed by atoms with E-state index >= 15 is 0 Å². The third kappa shape index (κ3) is 2.77. The Balaban J connectivity index is 2.44. The van der Waals surface area contributed by atoms with Gasteiger partial charge in [-0.15, -0.1) is 5.10 Å². The first-order chi connectivity index (χ1) is 9.08. The lowest BCUT2D eigenvalue weighted by Crippen LogP contribution is -2.31. The summed E-state index contributed by atoms with van der Waals surface area (Å²) in [4.78, 5) is 2.16. The molecular formula is C13H21N5O. The molecule has 0 saturated heterocycles. The Hall–Kier alpha value is -1.85. The number of aryl methyl sites for hydroxylation is 1. The summed E-state index contributed by atoms with van der Waals surface area (Å²) in [7, 11) is 0. The van der Waals surface area contributed by atoms with Gasteiger partial charge >= 0.3 is 0 Å². The normalized spacial score (nSPS) is 15.6. The van der Waals surface area contributed by atoms with E-state index in [1.807, 2.05) is 13.8 Å². The van der Waals surface area contributed by atoms with Crippen molar-refractivity contribution in [3.8, 4) is 0 Å². The molecule has 0 unspecified atom stereocenters. The molecule has 0 aliphatic heterocycles. The van der Waals surface area contributed by atoms with Gasteiger partial charge in [0, 0.05) is 13.1 Å². The number of aromatic nitrogens is 2. The average molecular weight is 263 g/mol. The maximum atomic E-state index is 8.97. The van der Waals surface area contributed by atoms with Crippen LogP contribution in [0.5, 0.6) is 0 Å². The molecule has 0 amide bonds. The second-order valence-electron chi connectivity index (χ2n) is 5.08. The molecule has 1 aliphatic carbocycles. The minimum Gasteiger partial charge on any atom is -0.409 e. The van der Waals surface area contributed by atoms with Gasteiger partial charge < -0.3 is 15.8 Å². The molecule has 1 aliphatic rings. The smallest absolute Gasteiger partial charge is 0.174 e. The van der Waals surface area contributed by atoms with Crippen LogP contribution < -0.4 is 10.6 Å². The van der Waals surface area contributed by atoms with Crippen molar-refractivity contribution in [2.75, 3.05) is 18.0 Å². The van der Waals surface area contributed by atoms with E-state index in [1.165, 1.54) is 12.8 Å². The lowest BCUT2D eigenvalue weighted by molar-refractivity contribution is 0.318. The van der Waals surface area contributed by atoms with E-state index in [0.29, 0.717) is 11.4 Å². The first kappa shape index (κ1) is 13.6. The topological polar surface area (TPSA) is 87.6 Å². The molecule has 0 spiro atoms. The van der Waals surface area contributed by atoms with Gasteiger partial charge in [0.25, 0.3) is 0 Å². The molecule has 1 saturated carbocycles. The molecular weight excluding hydrogens is 242 g/mol. The molecule has 19 heavy (non-hydrogen) atoms. The molecule has 0 bridgehead atoms. The highest BCUT2D eigenvalue weighted by Crippen LogP contribution is 2.32. The monoisotopic (exact) mass is 263 g/mol. The standard InChI is InChI=1S/C13H21N5O/c1-4-18(7-10-5-6-10)13-11(12(14)17-19)8(2)9(3)15-16-13/h10,19H,4-7H2,1-3H3,(H2,14,17). The Morgan fingerprint density at radius 3 is 2.63 bits per heavy atom. The number of nitrogens with zero attached hydrogens (tertiary/aromatic N) is 4. The molecule has 0 atom stereocenters. The number of nitrogens with two attached hydrogens (primary N) is 1. The first-order valence-corrected chi connectivity index (χ1v) is 6.65. The van der Waals surface area contributed by atoms with Crippen LogP contribution in [0.4, 0.5) is 5.82 Å². The Morgan fingerprint density at radius 2 is 2.11 bits per heavy atom. The van der Waals surface area contributed by atoms with Crippen molar-refractivity contribution < 1.29 is 5.21 Å². The summed E-state index contributed by atoms with van der Waals surface area (Å²) < 4.78 is 0. The molecule has 2 rings (SSSR count). The Bertz CT molecular complexity index is 496. The van der Waals surface area contributed by atoms with E-state index in [4.69, 9.17) is 10.9 Å². The minimum atomic E-state index is 0.0970. The van der Waals surface area contributed by atoms with Gasteiger partial charge in [-0.25, -0.2) is 0 Å². The highest BCUT2D eigenvalue weighted by Gasteiger charge is 2.27. The lowest BCUT2D eigenvalue weighted by Gasteiger charge is -2.24. The summed E-state index contributed by atoms with van der Waals surface area (Å²) >= 11 is 0. The molecule has 1 fully saturated rings. The predicted molar refractivity (Wildman–Crippen MR) is 74.6 cm³/mol. The molecule has 0 aromatic carbocycles. The number of anilines is 1. The number of amidine groups is 1. The van der Waals surface area contributed by atoms with Crippen LogP contribution >= 0.6 is 0 Å².